The highest BCUT2D eigenvalue weighted by Gasteiger charge is 2.14. The molecule has 7 heteroatoms. The van der Waals surface area contributed by atoms with Gasteiger partial charge in [-0.2, -0.15) is 0 Å². The third-order valence-corrected chi connectivity index (χ3v) is 5.17. The summed E-state index contributed by atoms with van der Waals surface area (Å²) >= 11 is 2.13. The zero-order chi connectivity index (χ0) is 16.2. The van der Waals surface area contributed by atoms with Crippen LogP contribution in [0.15, 0.2) is 47.4 Å². The van der Waals surface area contributed by atoms with Crippen molar-refractivity contribution in [2.24, 2.45) is 0 Å². The number of benzene rings is 2. The molecule has 0 atom stereocenters. The van der Waals surface area contributed by atoms with E-state index >= 15 is 0 Å². The van der Waals surface area contributed by atoms with E-state index in [1.807, 2.05) is 0 Å². The summed E-state index contributed by atoms with van der Waals surface area (Å²) in [6.45, 7) is 0.175. The molecule has 0 amide bonds. The Morgan fingerprint density at radius 1 is 1.00 bits per heavy atom. The fourth-order valence-electron chi connectivity index (χ4n) is 1.87. The molecule has 0 aromatic heterocycles. The van der Waals surface area contributed by atoms with Crippen LogP contribution in [0, 0.1) is 3.57 Å². The van der Waals surface area contributed by atoms with E-state index in [4.69, 9.17) is 9.47 Å². The Morgan fingerprint density at radius 3 is 2.23 bits per heavy atom. The summed E-state index contributed by atoms with van der Waals surface area (Å²) in [6, 6.07) is 12.0. The van der Waals surface area contributed by atoms with Crippen molar-refractivity contribution in [2.45, 2.75) is 11.4 Å². The summed E-state index contributed by atoms with van der Waals surface area (Å²) in [6.07, 6.45) is 0. The van der Waals surface area contributed by atoms with Crippen LogP contribution in [0.25, 0.3) is 0 Å². The van der Waals surface area contributed by atoms with Gasteiger partial charge in [-0.25, -0.2) is 13.1 Å². The van der Waals surface area contributed by atoms with Gasteiger partial charge in [0.2, 0.25) is 10.0 Å². The predicted octanol–water partition coefficient (Wildman–Crippen LogP) is 2.79. The van der Waals surface area contributed by atoms with Crippen LogP contribution < -0.4 is 14.2 Å². The fourth-order valence-corrected chi connectivity index (χ4v) is 3.24. The molecule has 118 valence electrons. The van der Waals surface area contributed by atoms with E-state index in [9.17, 15) is 8.42 Å². The first-order valence-corrected chi connectivity index (χ1v) is 8.98. The molecule has 0 saturated carbocycles. The summed E-state index contributed by atoms with van der Waals surface area (Å²) in [4.78, 5) is 0.244. The second-order valence-electron chi connectivity index (χ2n) is 4.47. The van der Waals surface area contributed by atoms with Crippen LogP contribution in [0.4, 0.5) is 0 Å². The van der Waals surface area contributed by atoms with Gasteiger partial charge in [0.15, 0.2) is 11.5 Å². The Morgan fingerprint density at radius 2 is 1.64 bits per heavy atom. The lowest BCUT2D eigenvalue weighted by Crippen LogP contribution is -2.23. The molecular formula is C15H16INO4S. The molecule has 2 aromatic carbocycles. The largest absolute Gasteiger partial charge is 0.493 e. The molecule has 0 aliphatic carbocycles. The van der Waals surface area contributed by atoms with Crippen LogP contribution in [0.1, 0.15) is 5.56 Å². The average Bonchev–Trinajstić information content (AvgIpc) is 2.53. The maximum atomic E-state index is 12.2. The summed E-state index contributed by atoms with van der Waals surface area (Å²) in [7, 11) is -0.444. The molecule has 0 aliphatic rings. The van der Waals surface area contributed by atoms with Gasteiger partial charge in [0, 0.05) is 10.1 Å². The Hall–Kier alpha value is -1.32. The van der Waals surface area contributed by atoms with Gasteiger partial charge >= 0.3 is 0 Å². The second-order valence-corrected chi connectivity index (χ2v) is 7.48. The molecule has 0 bridgehead atoms. The van der Waals surface area contributed by atoms with Crippen LogP contribution >= 0.6 is 22.6 Å². The third-order valence-electron chi connectivity index (χ3n) is 3.04. The number of methoxy groups -OCH3 is 2. The minimum atomic E-state index is -3.54. The first kappa shape index (κ1) is 17.0. The molecule has 0 aliphatic heterocycles. The standard InChI is InChI=1S/C15H16INO4S/c1-20-14-8-3-11(9-15(14)21-2)10-17-22(18,19)13-6-4-12(16)5-7-13/h3-9,17H,10H2,1-2H3. The number of halogens is 1. The molecule has 22 heavy (non-hydrogen) atoms. The van der Waals surface area contributed by atoms with Crippen LogP contribution in [-0.2, 0) is 16.6 Å². The van der Waals surface area contributed by atoms with Crippen molar-refractivity contribution in [3.8, 4) is 11.5 Å². The Bertz CT molecular complexity index is 745. The van der Waals surface area contributed by atoms with Gasteiger partial charge < -0.3 is 9.47 Å². The maximum Gasteiger partial charge on any atom is 0.240 e. The van der Waals surface area contributed by atoms with Crippen molar-refractivity contribution in [1.29, 1.82) is 0 Å². The number of rotatable bonds is 6. The minimum absolute atomic E-state index is 0.175. The van der Waals surface area contributed by atoms with Gasteiger partial charge in [0.1, 0.15) is 0 Å². The normalized spacial score (nSPS) is 11.2. The van der Waals surface area contributed by atoms with E-state index in [0.29, 0.717) is 11.5 Å². The molecule has 0 radical (unpaired) electrons. The summed E-state index contributed by atoms with van der Waals surface area (Å²) in [5, 5.41) is 0. The number of ether oxygens (including phenoxy) is 2. The fraction of sp³-hybridized carbons (Fsp3) is 0.200. The molecule has 0 saturated heterocycles. The topological polar surface area (TPSA) is 64.6 Å². The maximum absolute atomic E-state index is 12.2. The van der Waals surface area contributed by atoms with Crippen molar-refractivity contribution in [1.82, 2.24) is 4.72 Å². The lowest BCUT2D eigenvalue weighted by atomic mass is 10.2. The van der Waals surface area contributed by atoms with Crippen molar-refractivity contribution < 1.29 is 17.9 Å². The Balaban J connectivity index is 2.13. The molecule has 5 nitrogen and oxygen atoms in total. The van der Waals surface area contributed by atoms with Gasteiger partial charge in [-0.15, -0.1) is 0 Å². The molecule has 2 aromatic rings. The monoisotopic (exact) mass is 433 g/mol. The number of nitrogens with one attached hydrogen (secondary N) is 1. The first-order chi connectivity index (χ1) is 10.5. The number of hydrogen-bond acceptors (Lipinski definition) is 4. The summed E-state index contributed by atoms with van der Waals surface area (Å²) < 4.78 is 38.4. The zero-order valence-electron chi connectivity index (χ0n) is 12.2. The van der Waals surface area contributed by atoms with E-state index < -0.39 is 10.0 Å². The molecular weight excluding hydrogens is 417 g/mol. The van der Waals surface area contributed by atoms with E-state index in [1.165, 1.54) is 7.11 Å². The van der Waals surface area contributed by atoms with E-state index in [2.05, 4.69) is 27.3 Å². The Kier molecular flexibility index (Phi) is 5.65. The van der Waals surface area contributed by atoms with Crippen LogP contribution in [0.2, 0.25) is 0 Å². The molecule has 0 fully saturated rings. The smallest absolute Gasteiger partial charge is 0.240 e. The highest BCUT2D eigenvalue weighted by atomic mass is 127. The summed E-state index contributed by atoms with van der Waals surface area (Å²) in [5.74, 6) is 1.17. The van der Waals surface area contributed by atoms with Gasteiger partial charge in [-0.3, -0.25) is 0 Å². The van der Waals surface area contributed by atoms with Crippen molar-refractivity contribution in [2.75, 3.05) is 14.2 Å². The van der Waals surface area contributed by atoms with Gasteiger partial charge in [-0.05, 0) is 64.6 Å². The quantitative estimate of drug-likeness (QED) is 0.712. The van der Waals surface area contributed by atoms with Crippen molar-refractivity contribution >= 4 is 32.6 Å². The first-order valence-electron chi connectivity index (χ1n) is 6.42. The second kappa shape index (κ2) is 7.30. The van der Waals surface area contributed by atoms with Crippen molar-refractivity contribution in [3.63, 3.8) is 0 Å². The van der Waals surface area contributed by atoms with Gasteiger partial charge in [-0.1, -0.05) is 6.07 Å². The van der Waals surface area contributed by atoms with Gasteiger partial charge in [0.05, 0.1) is 19.1 Å². The number of sulfonamides is 1. The van der Waals surface area contributed by atoms with Crippen LogP contribution in [0.5, 0.6) is 11.5 Å². The van der Waals surface area contributed by atoms with Crippen molar-refractivity contribution in [3.05, 3.63) is 51.6 Å². The average molecular weight is 433 g/mol. The van der Waals surface area contributed by atoms with E-state index in [-0.39, 0.29) is 11.4 Å². The highest BCUT2D eigenvalue weighted by molar-refractivity contribution is 14.1. The lowest BCUT2D eigenvalue weighted by molar-refractivity contribution is 0.354. The van der Waals surface area contributed by atoms with E-state index in [0.717, 1.165) is 9.13 Å². The molecule has 2 rings (SSSR count). The lowest BCUT2D eigenvalue weighted by Gasteiger charge is -2.11. The molecule has 1 N–H and O–H groups in total. The predicted molar refractivity (Wildman–Crippen MR) is 92.7 cm³/mol. The zero-order valence-corrected chi connectivity index (χ0v) is 15.1. The Labute approximate surface area is 143 Å². The summed E-state index contributed by atoms with van der Waals surface area (Å²) in [5.41, 5.74) is 0.784. The van der Waals surface area contributed by atoms with Gasteiger partial charge in [0.25, 0.3) is 0 Å². The SMILES string of the molecule is COc1ccc(CNS(=O)(=O)c2ccc(I)cc2)cc1OC. The minimum Gasteiger partial charge on any atom is -0.493 e. The van der Waals surface area contributed by atoms with Crippen LogP contribution in [-0.4, -0.2) is 22.6 Å². The van der Waals surface area contributed by atoms with Crippen LogP contribution in [0.3, 0.4) is 0 Å². The highest BCUT2D eigenvalue weighted by Crippen LogP contribution is 2.27. The third kappa shape index (κ3) is 4.11. The molecule has 0 unspecified atom stereocenters. The molecule has 0 spiro atoms. The molecule has 0 heterocycles. The number of hydrogen-bond donors (Lipinski definition) is 1. The van der Waals surface area contributed by atoms with E-state index in [1.54, 1.807) is 49.6 Å².